The van der Waals surface area contributed by atoms with Crippen LogP contribution in [-0.2, 0) is 13.6 Å². The highest BCUT2D eigenvalue weighted by Gasteiger charge is 2.21. The van der Waals surface area contributed by atoms with Crippen LogP contribution in [0.4, 0.5) is 0 Å². The summed E-state index contributed by atoms with van der Waals surface area (Å²) in [4.78, 5) is 15.3. The lowest BCUT2D eigenvalue weighted by Crippen LogP contribution is -2.35. The molecule has 1 aliphatic heterocycles. The van der Waals surface area contributed by atoms with E-state index >= 15 is 0 Å². The maximum absolute atomic E-state index is 12.9. The van der Waals surface area contributed by atoms with Crippen LogP contribution in [0, 0.1) is 12.8 Å². The first-order valence-corrected chi connectivity index (χ1v) is 8.13. The van der Waals surface area contributed by atoms with E-state index in [1.165, 1.54) is 12.8 Å². The summed E-state index contributed by atoms with van der Waals surface area (Å²) in [7, 11) is 1.96. The molecule has 4 nitrogen and oxygen atoms in total. The molecule has 0 bridgehead atoms. The van der Waals surface area contributed by atoms with Gasteiger partial charge in [-0.05, 0) is 44.4 Å². The first-order chi connectivity index (χ1) is 10.6. The molecule has 0 saturated carbocycles. The summed E-state index contributed by atoms with van der Waals surface area (Å²) in [6.07, 6.45) is 2.54. The van der Waals surface area contributed by atoms with Crippen molar-refractivity contribution in [2.75, 3.05) is 13.1 Å². The molecule has 1 aliphatic rings. The Kier molecular flexibility index (Phi) is 4.21. The Morgan fingerprint density at radius 1 is 1.23 bits per heavy atom. The Morgan fingerprint density at radius 3 is 2.64 bits per heavy atom. The van der Waals surface area contributed by atoms with Crippen LogP contribution in [0.5, 0.6) is 0 Å². The predicted octanol–water partition coefficient (Wildman–Crippen LogP) is 2.72. The lowest BCUT2D eigenvalue weighted by atomic mass is 10.00. The summed E-state index contributed by atoms with van der Waals surface area (Å²) >= 11 is 0. The molecule has 0 radical (unpaired) electrons. The molecule has 0 spiro atoms. The van der Waals surface area contributed by atoms with Crippen LogP contribution in [0.1, 0.15) is 31.0 Å². The summed E-state index contributed by atoms with van der Waals surface area (Å²) in [5, 5.41) is 0. The van der Waals surface area contributed by atoms with E-state index in [9.17, 15) is 4.79 Å². The SMILES string of the molecule is Cc1c(CN2CCC[C@@H](C)C2)c(=O)n(-c2ccccc2)n1C. The fraction of sp³-hybridized carbons (Fsp3) is 0.500. The number of para-hydroxylation sites is 1. The van der Waals surface area contributed by atoms with E-state index in [1.807, 2.05) is 49.0 Å². The smallest absolute Gasteiger partial charge is 0.276 e. The van der Waals surface area contributed by atoms with E-state index in [1.54, 1.807) is 4.68 Å². The Bertz CT molecular complexity index is 699. The molecule has 0 N–H and O–H groups in total. The Hall–Kier alpha value is -1.81. The van der Waals surface area contributed by atoms with Crippen LogP contribution in [0.3, 0.4) is 0 Å². The summed E-state index contributed by atoms with van der Waals surface area (Å²) in [6.45, 7) is 7.31. The average Bonchev–Trinajstić information content (AvgIpc) is 2.72. The largest absolute Gasteiger partial charge is 0.299 e. The number of piperidine rings is 1. The molecule has 1 saturated heterocycles. The van der Waals surface area contributed by atoms with Gasteiger partial charge in [-0.25, -0.2) is 4.68 Å². The second-order valence-corrected chi connectivity index (χ2v) is 6.52. The standard InChI is InChI=1S/C18H25N3O/c1-14-8-7-11-20(12-14)13-17-15(2)19(3)21(18(17)22)16-9-5-4-6-10-16/h4-6,9-10,14H,7-8,11-13H2,1-3H3/t14-/m1/s1. The first kappa shape index (κ1) is 15.1. The van der Waals surface area contributed by atoms with Gasteiger partial charge in [-0.2, -0.15) is 0 Å². The quantitative estimate of drug-likeness (QED) is 0.872. The van der Waals surface area contributed by atoms with Gasteiger partial charge in [0.25, 0.3) is 5.56 Å². The molecular weight excluding hydrogens is 274 g/mol. The van der Waals surface area contributed by atoms with Gasteiger partial charge in [0.05, 0.1) is 11.3 Å². The van der Waals surface area contributed by atoms with Gasteiger partial charge in [0.2, 0.25) is 0 Å². The van der Waals surface area contributed by atoms with Gasteiger partial charge in [0.1, 0.15) is 0 Å². The van der Waals surface area contributed by atoms with Crippen LogP contribution in [0.15, 0.2) is 35.1 Å². The summed E-state index contributed by atoms with van der Waals surface area (Å²) in [5.74, 6) is 0.731. The van der Waals surface area contributed by atoms with Crippen LogP contribution in [0.25, 0.3) is 5.69 Å². The predicted molar refractivity (Wildman–Crippen MR) is 89.4 cm³/mol. The van der Waals surface area contributed by atoms with Gasteiger partial charge >= 0.3 is 0 Å². The van der Waals surface area contributed by atoms with Gasteiger partial charge in [-0.3, -0.25) is 14.4 Å². The molecular formula is C18H25N3O. The summed E-state index contributed by atoms with van der Waals surface area (Å²) in [6, 6.07) is 9.87. The minimum absolute atomic E-state index is 0.115. The fourth-order valence-electron chi connectivity index (χ4n) is 3.46. The van der Waals surface area contributed by atoms with Crippen molar-refractivity contribution in [2.45, 2.75) is 33.2 Å². The third kappa shape index (κ3) is 2.75. The minimum atomic E-state index is 0.115. The van der Waals surface area contributed by atoms with E-state index in [-0.39, 0.29) is 5.56 Å². The van der Waals surface area contributed by atoms with Crippen LogP contribution < -0.4 is 5.56 Å². The Labute approximate surface area is 132 Å². The highest BCUT2D eigenvalue weighted by atomic mass is 16.1. The second kappa shape index (κ2) is 6.13. The molecule has 1 aromatic heterocycles. The summed E-state index contributed by atoms with van der Waals surface area (Å²) in [5.41, 5.74) is 3.04. The van der Waals surface area contributed by atoms with Crippen LogP contribution in [0.2, 0.25) is 0 Å². The molecule has 2 heterocycles. The molecule has 0 aliphatic carbocycles. The van der Waals surface area contributed by atoms with Crippen molar-refractivity contribution in [1.29, 1.82) is 0 Å². The maximum atomic E-state index is 12.9. The topological polar surface area (TPSA) is 30.2 Å². The zero-order chi connectivity index (χ0) is 15.7. The third-order valence-electron chi connectivity index (χ3n) is 4.80. The Morgan fingerprint density at radius 2 is 1.95 bits per heavy atom. The molecule has 1 atom stereocenters. The van der Waals surface area contributed by atoms with Gasteiger partial charge in [0, 0.05) is 25.8 Å². The van der Waals surface area contributed by atoms with Crippen LogP contribution >= 0.6 is 0 Å². The monoisotopic (exact) mass is 299 g/mol. The molecule has 2 aromatic rings. The molecule has 0 unspecified atom stereocenters. The fourth-order valence-corrected chi connectivity index (χ4v) is 3.46. The highest BCUT2D eigenvalue weighted by molar-refractivity contribution is 5.33. The van der Waals surface area contributed by atoms with Gasteiger partial charge in [0.15, 0.2) is 0 Å². The highest BCUT2D eigenvalue weighted by Crippen LogP contribution is 2.18. The zero-order valence-electron chi connectivity index (χ0n) is 13.7. The number of rotatable bonds is 3. The second-order valence-electron chi connectivity index (χ2n) is 6.52. The van der Waals surface area contributed by atoms with Crippen molar-refractivity contribution in [3.63, 3.8) is 0 Å². The van der Waals surface area contributed by atoms with Gasteiger partial charge in [-0.15, -0.1) is 0 Å². The molecule has 1 fully saturated rings. The van der Waals surface area contributed by atoms with Crippen LogP contribution in [-0.4, -0.2) is 27.4 Å². The number of hydrogen-bond acceptors (Lipinski definition) is 2. The van der Waals surface area contributed by atoms with E-state index in [2.05, 4.69) is 11.8 Å². The van der Waals surface area contributed by atoms with Crippen molar-refractivity contribution in [2.24, 2.45) is 13.0 Å². The molecule has 3 rings (SSSR count). The number of likely N-dealkylation sites (tertiary alicyclic amines) is 1. The molecule has 22 heavy (non-hydrogen) atoms. The molecule has 118 valence electrons. The zero-order valence-corrected chi connectivity index (χ0v) is 13.7. The lowest BCUT2D eigenvalue weighted by Gasteiger charge is -2.30. The molecule has 0 amide bonds. The van der Waals surface area contributed by atoms with E-state index in [0.29, 0.717) is 0 Å². The van der Waals surface area contributed by atoms with Crippen molar-refractivity contribution >= 4 is 0 Å². The van der Waals surface area contributed by atoms with Crippen molar-refractivity contribution in [3.8, 4) is 5.69 Å². The average molecular weight is 299 g/mol. The molecule has 4 heteroatoms. The number of aromatic nitrogens is 2. The normalized spacial score (nSPS) is 19.5. The van der Waals surface area contributed by atoms with E-state index < -0.39 is 0 Å². The van der Waals surface area contributed by atoms with Crippen molar-refractivity contribution < 1.29 is 0 Å². The van der Waals surface area contributed by atoms with Gasteiger partial charge < -0.3 is 0 Å². The maximum Gasteiger partial charge on any atom is 0.276 e. The molecule has 1 aromatic carbocycles. The number of benzene rings is 1. The van der Waals surface area contributed by atoms with E-state index in [0.717, 1.165) is 42.5 Å². The number of hydrogen-bond donors (Lipinski definition) is 0. The summed E-state index contributed by atoms with van der Waals surface area (Å²) < 4.78 is 3.75. The van der Waals surface area contributed by atoms with E-state index in [4.69, 9.17) is 0 Å². The van der Waals surface area contributed by atoms with Crippen molar-refractivity contribution in [1.82, 2.24) is 14.3 Å². The lowest BCUT2D eigenvalue weighted by molar-refractivity contribution is 0.176. The number of nitrogens with zero attached hydrogens (tertiary/aromatic N) is 3. The minimum Gasteiger partial charge on any atom is -0.299 e. The van der Waals surface area contributed by atoms with Crippen molar-refractivity contribution in [3.05, 3.63) is 51.9 Å². The third-order valence-corrected chi connectivity index (χ3v) is 4.80. The Balaban J connectivity index is 1.94. The van der Waals surface area contributed by atoms with Gasteiger partial charge in [-0.1, -0.05) is 25.1 Å². The first-order valence-electron chi connectivity index (χ1n) is 8.13.